The van der Waals surface area contributed by atoms with Gasteiger partial charge in [-0.2, -0.15) is 0 Å². The summed E-state index contributed by atoms with van der Waals surface area (Å²) in [7, 11) is 0. The van der Waals surface area contributed by atoms with Crippen molar-refractivity contribution in [3.63, 3.8) is 0 Å². The molecule has 1 aromatic rings. The molecule has 0 heterocycles. The van der Waals surface area contributed by atoms with Gasteiger partial charge in [0.1, 0.15) is 11.4 Å². The van der Waals surface area contributed by atoms with E-state index >= 15 is 0 Å². The third-order valence-corrected chi connectivity index (χ3v) is 3.74. The highest BCUT2D eigenvalue weighted by molar-refractivity contribution is 9.10. The number of rotatable bonds is 5. The van der Waals surface area contributed by atoms with Gasteiger partial charge in [-0.15, -0.1) is 0 Å². The number of carbonyl (C=O) groups excluding carboxylic acids is 1. The van der Waals surface area contributed by atoms with E-state index < -0.39 is 17.3 Å². The summed E-state index contributed by atoms with van der Waals surface area (Å²) in [6, 6.07) is 3.89. The van der Waals surface area contributed by atoms with Crippen molar-refractivity contribution in [2.24, 2.45) is 10.9 Å². The number of amides is 1. The Balaban J connectivity index is 3.08. The van der Waals surface area contributed by atoms with E-state index in [1.807, 2.05) is 13.8 Å². The fraction of sp³-hybridized carbons (Fsp3) is 0.385. The largest absolute Gasteiger partial charge is 0.409 e. The number of amidine groups is 1. The van der Waals surface area contributed by atoms with Crippen LogP contribution in [-0.4, -0.2) is 22.5 Å². The summed E-state index contributed by atoms with van der Waals surface area (Å²) in [6.45, 7) is 3.62. The van der Waals surface area contributed by atoms with Crippen LogP contribution in [0.2, 0.25) is 0 Å². The molecule has 0 unspecified atom stereocenters. The molecule has 20 heavy (non-hydrogen) atoms. The second-order valence-electron chi connectivity index (χ2n) is 4.39. The minimum Gasteiger partial charge on any atom is -0.409 e. The summed E-state index contributed by atoms with van der Waals surface area (Å²) in [5, 5.41) is 14.5. The van der Waals surface area contributed by atoms with Crippen molar-refractivity contribution in [3.8, 4) is 0 Å². The highest BCUT2D eigenvalue weighted by Gasteiger charge is 2.33. The van der Waals surface area contributed by atoms with Crippen LogP contribution in [0.1, 0.15) is 37.0 Å². The van der Waals surface area contributed by atoms with Crippen LogP contribution in [0.15, 0.2) is 27.8 Å². The van der Waals surface area contributed by atoms with Crippen molar-refractivity contribution in [2.75, 3.05) is 0 Å². The molecule has 4 N–H and O–H groups in total. The van der Waals surface area contributed by atoms with E-state index in [1.54, 1.807) is 0 Å². The van der Waals surface area contributed by atoms with Crippen LogP contribution in [-0.2, 0) is 0 Å². The number of nitrogens with two attached hydrogens (primary N) is 1. The predicted molar refractivity (Wildman–Crippen MR) is 78.3 cm³/mol. The molecular formula is C13H17BrFN3O2. The number of nitrogens with zero attached hydrogens (tertiary/aromatic N) is 1. The Morgan fingerprint density at radius 3 is 2.50 bits per heavy atom. The monoisotopic (exact) mass is 345 g/mol. The van der Waals surface area contributed by atoms with Gasteiger partial charge in [0.25, 0.3) is 5.91 Å². The molecule has 110 valence electrons. The van der Waals surface area contributed by atoms with Gasteiger partial charge in [-0.3, -0.25) is 4.79 Å². The molecule has 0 bridgehead atoms. The maximum absolute atomic E-state index is 13.3. The molecule has 0 saturated heterocycles. The lowest BCUT2D eigenvalue weighted by atomic mass is 9.91. The van der Waals surface area contributed by atoms with Crippen molar-refractivity contribution in [2.45, 2.75) is 32.2 Å². The summed E-state index contributed by atoms with van der Waals surface area (Å²) in [6.07, 6.45) is 0.892. The van der Waals surface area contributed by atoms with Crippen LogP contribution >= 0.6 is 15.9 Å². The van der Waals surface area contributed by atoms with E-state index in [0.29, 0.717) is 17.3 Å². The van der Waals surface area contributed by atoms with Gasteiger partial charge in [-0.1, -0.05) is 34.9 Å². The van der Waals surface area contributed by atoms with Crippen LogP contribution in [0.3, 0.4) is 0 Å². The maximum Gasteiger partial charge on any atom is 0.252 e. The first-order valence-corrected chi connectivity index (χ1v) is 6.94. The lowest BCUT2D eigenvalue weighted by Crippen LogP contribution is -2.56. The summed E-state index contributed by atoms with van der Waals surface area (Å²) >= 11 is 3.13. The summed E-state index contributed by atoms with van der Waals surface area (Å²) < 4.78 is 13.8. The van der Waals surface area contributed by atoms with E-state index in [0.717, 1.165) is 6.07 Å². The molecule has 5 nitrogen and oxygen atoms in total. The molecule has 7 heteroatoms. The molecule has 0 aromatic heterocycles. The van der Waals surface area contributed by atoms with Gasteiger partial charge in [0.2, 0.25) is 0 Å². The summed E-state index contributed by atoms with van der Waals surface area (Å²) in [5.74, 6) is -1.08. The van der Waals surface area contributed by atoms with Crippen LogP contribution in [0.5, 0.6) is 0 Å². The second kappa shape index (κ2) is 6.69. The molecule has 0 saturated carbocycles. The molecular weight excluding hydrogens is 329 g/mol. The van der Waals surface area contributed by atoms with Crippen molar-refractivity contribution >= 4 is 27.7 Å². The van der Waals surface area contributed by atoms with E-state index in [9.17, 15) is 9.18 Å². The average Bonchev–Trinajstić information content (AvgIpc) is 2.42. The second-order valence-corrected chi connectivity index (χ2v) is 5.30. The Morgan fingerprint density at radius 2 is 2.05 bits per heavy atom. The quantitative estimate of drug-likeness (QED) is 0.331. The Bertz CT molecular complexity index is 510. The molecule has 0 spiro atoms. The number of hydrogen-bond donors (Lipinski definition) is 3. The lowest BCUT2D eigenvalue weighted by molar-refractivity contribution is 0.0917. The zero-order chi connectivity index (χ0) is 15.3. The van der Waals surface area contributed by atoms with E-state index in [1.165, 1.54) is 12.1 Å². The molecule has 0 fully saturated rings. The SMILES string of the molecule is CCC(CC)(NC(=O)c1cc(F)cc(Br)c1)/C(N)=N/O. The molecule has 0 aliphatic rings. The number of oxime groups is 1. The third-order valence-electron chi connectivity index (χ3n) is 3.28. The number of benzene rings is 1. The summed E-state index contributed by atoms with van der Waals surface area (Å²) in [4.78, 5) is 12.2. The molecule has 1 rings (SSSR count). The minimum atomic E-state index is -0.954. The zero-order valence-electron chi connectivity index (χ0n) is 11.3. The first-order valence-electron chi connectivity index (χ1n) is 6.15. The van der Waals surface area contributed by atoms with Crippen LogP contribution in [0.25, 0.3) is 0 Å². The Kier molecular flexibility index (Phi) is 5.50. The fourth-order valence-electron chi connectivity index (χ4n) is 1.92. The predicted octanol–water partition coefficient (Wildman–Crippen LogP) is 2.62. The number of hydrogen-bond acceptors (Lipinski definition) is 3. The topological polar surface area (TPSA) is 87.7 Å². The average molecular weight is 346 g/mol. The Morgan fingerprint density at radius 1 is 1.45 bits per heavy atom. The van der Waals surface area contributed by atoms with E-state index in [-0.39, 0.29) is 11.4 Å². The minimum absolute atomic E-state index is 0.0775. The van der Waals surface area contributed by atoms with Crippen molar-refractivity contribution in [3.05, 3.63) is 34.1 Å². The fourth-order valence-corrected chi connectivity index (χ4v) is 2.39. The van der Waals surface area contributed by atoms with Crippen LogP contribution < -0.4 is 11.1 Å². The van der Waals surface area contributed by atoms with Crippen LogP contribution in [0, 0.1) is 5.82 Å². The number of carbonyl (C=O) groups is 1. The molecule has 0 aliphatic carbocycles. The Labute approximate surface area is 125 Å². The van der Waals surface area contributed by atoms with Crippen molar-refractivity contribution in [1.29, 1.82) is 0 Å². The molecule has 1 amide bonds. The zero-order valence-corrected chi connectivity index (χ0v) is 12.9. The normalized spacial score (nSPS) is 12.3. The molecule has 1 aromatic carbocycles. The highest BCUT2D eigenvalue weighted by Crippen LogP contribution is 2.19. The van der Waals surface area contributed by atoms with E-state index in [4.69, 9.17) is 10.9 Å². The molecule has 0 aliphatic heterocycles. The maximum atomic E-state index is 13.3. The molecule has 0 radical (unpaired) electrons. The highest BCUT2D eigenvalue weighted by atomic mass is 79.9. The van der Waals surface area contributed by atoms with Gasteiger partial charge < -0.3 is 16.3 Å². The van der Waals surface area contributed by atoms with Crippen LogP contribution in [0.4, 0.5) is 4.39 Å². The first-order chi connectivity index (χ1) is 9.38. The lowest BCUT2D eigenvalue weighted by Gasteiger charge is -2.31. The Hall–Kier alpha value is -1.63. The van der Waals surface area contributed by atoms with Crippen molar-refractivity contribution in [1.82, 2.24) is 5.32 Å². The van der Waals surface area contributed by atoms with Gasteiger partial charge in [-0.25, -0.2) is 4.39 Å². The number of halogens is 2. The van der Waals surface area contributed by atoms with Gasteiger partial charge in [0, 0.05) is 10.0 Å². The molecule has 0 atom stereocenters. The summed E-state index contributed by atoms with van der Waals surface area (Å²) in [5.41, 5.74) is 4.87. The first kappa shape index (κ1) is 16.4. The third kappa shape index (κ3) is 3.47. The standard InChI is InChI=1S/C13H17BrFN3O2/c1-3-13(4-2,12(16)18-20)17-11(19)8-5-9(14)7-10(15)6-8/h5-7,20H,3-4H2,1-2H3,(H2,16,18)(H,17,19). The van der Waals surface area contributed by atoms with Gasteiger partial charge in [0.05, 0.1) is 0 Å². The van der Waals surface area contributed by atoms with Gasteiger partial charge in [-0.05, 0) is 31.0 Å². The van der Waals surface area contributed by atoms with Crippen molar-refractivity contribution < 1.29 is 14.4 Å². The smallest absolute Gasteiger partial charge is 0.252 e. The van der Waals surface area contributed by atoms with Gasteiger partial charge >= 0.3 is 0 Å². The van der Waals surface area contributed by atoms with E-state index in [2.05, 4.69) is 26.4 Å². The van der Waals surface area contributed by atoms with Gasteiger partial charge in [0.15, 0.2) is 5.84 Å². The number of nitrogens with one attached hydrogen (secondary N) is 1.